The third-order valence-corrected chi connectivity index (χ3v) is 2.53. The van der Waals surface area contributed by atoms with Crippen molar-refractivity contribution in [3.8, 4) is 5.75 Å². The van der Waals surface area contributed by atoms with E-state index in [2.05, 4.69) is 0 Å². The number of nitro groups is 1. The third kappa shape index (κ3) is 3.71. The van der Waals surface area contributed by atoms with Crippen LogP contribution in [0.25, 0.3) is 0 Å². The second-order valence-corrected chi connectivity index (χ2v) is 3.91. The van der Waals surface area contributed by atoms with Gasteiger partial charge in [-0.05, 0) is 24.5 Å². The Balaban J connectivity index is 2.86. The molecule has 1 aromatic rings. The van der Waals surface area contributed by atoms with Gasteiger partial charge >= 0.3 is 5.69 Å². The summed E-state index contributed by atoms with van der Waals surface area (Å²) in [4.78, 5) is 10.2. The number of benzene rings is 1. The van der Waals surface area contributed by atoms with Crippen LogP contribution in [-0.4, -0.2) is 23.2 Å². The highest BCUT2D eigenvalue weighted by Gasteiger charge is 2.15. The first-order valence-corrected chi connectivity index (χ1v) is 5.57. The molecule has 0 fully saturated rings. The fraction of sp³-hybridized carbons (Fsp3) is 0.500. The van der Waals surface area contributed by atoms with E-state index < -0.39 is 11.0 Å². The number of aliphatic hydroxyl groups is 1. The maximum Gasteiger partial charge on any atom is 0.310 e. The van der Waals surface area contributed by atoms with Gasteiger partial charge in [-0.15, -0.1) is 0 Å². The number of rotatable bonds is 6. The zero-order chi connectivity index (χ0) is 12.8. The second-order valence-electron chi connectivity index (χ2n) is 3.91. The summed E-state index contributed by atoms with van der Waals surface area (Å²) in [6.45, 7) is 2.00. The van der Waals surface area contributed by atoms with Crippen molar-refractivity contribution in [1.29, 1.82) is 0 Å². The first-order valence-electron chi connectivity index (χ1n) is 5.57. The molecule has 0 amide bonds. The smallest absolute Gasteiger partial charge is 0.310 e. The van der Waals surface area contributed by atoms with E-state index in [0.717, 1.165) is 18.4 Å². The van der Waals surface area contributed by atoms with Crippen LogP contribution in [0.15, 0.2) is 18.2 Å². The van der Waals surface area contributed by atoms with E-state index in [9.17, 15) is 15.2 Å². The molecule has 0 aliphatic rings. The average Bonchev–Trinajstić information content (AvgIpc) is 2.28. The predicted octanol–water partition coefficient (Wildman–Crippen LogP) is 2.31. The van der Waals surface area contributed by atoms with Gasteiger partial charge in [0, 0.05) is 6.07 Å². The van der Waals surface area contributed by atoms with Crippen LogP contribution >= 0.6 is 0 Å². The van der Waals surface area contributed by atoms with E-state index in [1.54, 1.807) is 12.1 Å². The van der Waals surface area contributed by atoms with Crippen molar-refractivity contribution in [2.24, 2.45) is 0 Å². The Bertz CT molecular complexity index is 392. The summed E-state index contributed by atoms with van der Waals surface area (Å²) < 4.78 is 4.97. The number of aliphatic hydroxyl groups excluding tert-OH is 1. The van der Waals surface area contributed by atoms with E-state index >= 15 is 0 Å². The molecular weight excluding hydrogens is 222 g/mol. The molecule has 0 spiro atoms. The van der Waals surface area contributed by atoms with Gasteiger partial charge in [0.1, 0.15) is 0 Å². The summed E-state index contributed by atoms with van der Waals surface area (Å²) >= 11 is 0. The highest BCUT2D eigenvalue weighted by molar-refractivity contribution is 5.48. The zero-order valence-corrected chi connectivity index (χ0v) is 10.0. The Morgan fingerprint density at radius 1 is 1.53 bits per heavy atom. The molecular formula is C12H17NO4. The molecule has 0 aliphatic carbocycles. The standard InChI is InChI=1S/C12H17NO4/c1-3-4-10(14)7-9-5-6-11(13(15)16)12(8-9)17-2/h5-6,8,10,14H,3-4,7H2,1-2H3. The molecule has 1 atom stereocenters. The molecule has 1 aromatic carbocycles. The molecule has 1 N–H and O–H groups in total. The minimum Gasteiger partial charge on any atom is -0.490 e. The molecule has 5 heteroatoms. The normalized spacial score (nSPS) is 12.2. The van der Waals surface area contributed by atoms with E-state index in [1.807, 2.05) is 6.92 Å². The molecule has 94 valence electrons. The minimum absolute atomic E-state index is 0.0544. The van der Waals surface area contributed by atoms with Crippen LogP contribution in [0.4, 0.5) is 5.69 Å². The van der Waals surface area contributed by atoms with Gasteiger partial charge in [-0.3, -0.25) is 10.1 Å². The Labute approximate surface area is 100 Å². The molecule has 0 saturated heterocycles. The van der Waals surface area contributed by atoms with Crippen molar-refractivity contribution in [1.82, 2.24) is 0 Å². The van der Waals surface area contributed by atoms with Crippen LogP contribution in [0.5, 0.6) is 5.75 Å². The number of nitrogens with zero attached hydrogens (tertiary/aromatic N) is 1. The molecule has 0 saturated carbocycles. The summed E-state index contributed by atoms with van der Waals surface area (Å²) in [5.41, 5.74) is 0.787. The first kappa shape index (κ1) is 13.4. The maximum atomic E-state index is 10.7. The van der Waals surface area contributed by atoms with Crippen molar-refractivity contribution in [2.45, 2.75) is 32.3 Å². The molecule has 1 unspecified atom stereocenters. The maximum absolute atomic E-state index is 10.7. The quantitative estimate of drug-likeness (QED) is 0.610. The van der Waals surface area contributed by atoms with E-state index in [-0.39, 0.29) is 11.4 Å². The van der Waals surface area contributed by atoms with Gasteiger partial charge in [-0.25, -0.2) is 0 Å². The highest BCUT2D eigenvalue weighted by atomic mass is 16.6. The van der Waals surface area contributed by atoms with Crippen LogP contribution in [0.1, 0.15) is 25.3 Å². The Morgan fingerprint density at radius 2 is 2.24 bits per heavy atom. The van der Waals surface area contributed by atoms with E-state index in [0.29, 0.717) is 6.42 Å². The highest BCUT2D eigenvalue weighted by Crippen LogP contribution is 2.28. The number of methoxy groups -OCH3 is 1. The fourth-order valence-electron chi connectivity index (χ4n) is 1.71. The van der Waals surface area contributed by atoms with Gasteiger partial charge in [-0.2, -0.15) is 0 Å². The van der Waals surface area contributed by atoms with Gasteiger partial charge in [-0.1, -0.05) is 19.4 Å². The van der Waals surface area contributed by atoms with Crippen molar-refractivity contribution in [3.63, 3.8) is 0 Å². The number of hydrogen-bond donors (Lipinski definition) is 1. The summed E-state index contributed by atoms with van der Waals surface area (Å²) in [6, 6.07) is 4.67. The molecule has 1 rings (SSSR count). The lowest BCUT2D eigenvalue weighted by molar-refractivity contribution is -0.385. The van der Waals surface area contributed by atoms with Crippen molar-refractivity contribution in [2.75, 3.05) is 7.11 Å². The lowest BCUT2D eigenvalue weighted by Crippen LogP contribution is -2.09. The molecule has 0 bridgehead atoms. The molecule has 5 nitrogen and oxygen atoms in total. The number of hydrogen-bond acceptors (Lipinski definition) is 4. The summed E-state index contributed by atoms with van der Waals surface area (Å²) in [6.07, 6.45) is 1.71. The van der Waals surface area contributed by atoms with E-state index in [1.165, 1.54) is 13.2 Å². The summed E-state index contributed by atoms with van der Waals surface area (Å²) in [7, 11) is 1.40. The van der Waals surface area contributed by atoms with Gasteiger partial charge in [0.25, 0.3) is 0 Å². The Kier molecular flexibility index (Phi) is 4.90. The van der Waals surface area contributed by atoms with Crippen molar-refractivity contribution < 1.29 is 14.8 Å². The SMILES string of the molecule is CCCC(O)Cc1ccc([N+](=O)[O-])c(OC)c1. The van der Waals surface area contributed by atoms with Crippen LogP contribution in [0.3, 0.4) is 0 Å². The summed E-state index contributed by atoms with van der Waals surface area (Å²) in [5.74, 6) is 0.233. The van der Waals surface area contributed by atoms with Gasteiger partial charge in [0.2, 0.25) is 0 Å². The van der Waals surface area contributed by atoms with Gasteiger partial charge < -0.3 is 9.84 Å². The molecule has 0 aliphatic heterocycles. The second kappa shape index (κ2) is 6.20. The summed E-state index contributed by atoms with van der Waals surface area (Å²) in [5, 5.41) is 20.4. The fourth-order valence-corrected chi connectivity index (χ4v) is 1.71. The minimum atomic E-state index is -0.481. The Morgan fingerprint density at radius 3 is 2.76 bits per heavy atom. The van der Waals surface area contributed by atoms with Crippen LogP contribution in [-0.2, 0) is 6.42 Å². The van der Waals surface area contributed by atoms with Gasteiger partial charge in [0.15, 0.2) is 5.75 Å². The lowest BCUT2D eigenvalue weighted by Gasteiger charge is -2.10. The van der Waals surface area contributed by atoms with Crippen molar-refractivity contribution in [3.05, 3.63) is 33.9 Å². The molecule has 0 radical (unpaired) electrons. The molecule has 0 heterocycles. The largest absolute Gasteiger partial charge is 0.490 e. The van der Waals surface area contributed by atoms with Crippen molar-refractivity contribution >= 4 is 5.69 Å². The predicted molar refractivity (Wildman–Crippen MR) is 64.3 cm³/mol. The molecule has 0 aromatic heterocycles. The van der Waals surface area contributed by atoms with Gasteiger partial charge in [0.05, 0.1) is 18.1 Å². The molecule has 17 heavy (non-hydrogen) atoms. The van der Waals surface area contributed by atoms with Crippen LogP contribution in [0.2, 0.25) is 0 Å². The van der Waals surface area contributed by atoms with Crippen LogP contribution < -0.4 is 4.74 Å². The number of ether oxygens (including phenoxy) is 1. The number of nitro benzene ring substituents is 1. The lowest BCUT2D eigenvalue weighted by atomic mass is 10.0. The first-order chi connectivity index (χ1) is 8.08. The monoisotopic (exact) mass is 239 g/mol. The van der Waals surface area contributed by atoms with E-state index in [4.69, 9.17) is 4.74 Å². The van der Waals surface area contributed by atoms with Crippen LogP contribution in [0, 0.1) is 10.1 Å². The topological polar surface area (TPSA) is 72.6 Å². The third-order valence-electron chi connectivity index (χ3n) is 2.53. The Hall–Kier alpha value is -1.62. The zero-order valence-electron chi connectivity index (χ0n) is 10.0. The average molecular weight is 239 g/mol.